The van der Waals surface area contributed by atoms with Gasteiger partial charge in [-0.2, -0.15) is 5.11 Å². The van der Waals surface area contributed by atoms with Crippen LogP contribution in [0.2, 0.25) is 0 Å². The number of rotatable bonds is 4. The maximum atomic E-state index is 13.7. The van der Waals surface area contributed by atoms with Gasteiger partial charge >= 0.3 is 0 Å². The summed E-state index contributed by atoms with van der Waals surface area (Å²) in [6.45, 7) is -0.456. The van der Waals surface area contributed by atoms with E-state index in [1.165, 1.54) is 0 Å². The molecule has 2 aliphatic rings. The van der Waals surface area contributed by atoms with E-state index < -0.39 is 48.0 Å². The first-order valence-electron chi connectivity index (χ1n) is 8.31. The van der Waals surface area contributed by atoms with Crippen molar-refractivity contribution in [3.8, 4) is 0 Å². The number of nitrogens with one attached hydrogen (secondary N) is 1. The van der Waals surface area contributed by atoms with Crippen molar-refractivity contribution in [3.05, 3.63) is 60.2 Å². The number of benzene rings is 2. The number of amides is 3. The van der Waals surface area contributed by atoms with E-state index in [0.29, 0.717) is 5.69 Å². The fourth-order valence-electron chi connectivity index (χ4n) is 3.12. The van der Waals surface area contributed by atoms with Crippen molar-refractivity contribution in [2.24, 2.45) is 10.3 Å². The molecule has 0 aromatic heterocycles. The average Bonchev–Trinajstić information content (AvgIpc) is 3.19. The molecule has 2 unspecified atom stereocenters. The summed E-state index contributed by atoms with van der Waals surface area (Å²) in [6.07, 6.45) is 0. The minimum Gasteiger partial charge on any atom is -0.322 e. The van der Waals surface area contributed by atoms with Gasteiger partial charge in [-0.25, -0.2) is 13.7 Å². The topological polar surface area (TPSA) is 94.4 Å². The summed E-state index contributed by atoms with van der Waals surface area (Å²) in [6, 6.07) is 8.87. The summed E-state index contributed by atoms with van der Waals surface area (Å²) in [5.74, 6) is -3.35. The maximum absolute atomic E-state index is 13.7. The fourth-order valence-corrected chi connectivity index (χ4v) is 3.12. The molecule has 2 aliphatic heterocycles. The van der Waals surface area contributed by atoms with Gasteiger partial charge in [0.15, 0.2) is 12.1 Å². The van der Waals surface area contributed by atoms with Crippen molar-refractivity contribution in [2.45, 2.75) is 12.1 Å². The zero-order valence-electron chi connectivity index (χ0n) is 14.3. The first-order valence-corrected chi connectivity index (χ1v) is 8.31. The standard InChI is InChI=1S/C18H13F2N5O3/c19-10-6-7-12(20)13(8-10)21-14(26)9-24-16-15(22-23-24)17(27)25(18(16)28)11-4-2-1-3-5-11/h1-8,15-16H,9H2,(H,21,26). The summed E-state index contributed by atoms with van der Waals surface area (Å²) in [5.41, 5.74) is 0.0609. The molecular formula is C18H13F2N5O3. The van der Waals surface area contributed by atoms with Gasteiger partial charge < -0.3 is 5.32 Å². The molecule has 1 N–H and O–H groups in total. The largest absolute Gasteiger partial charge is 0.322 e. The van der Waals surface area contributed by atoms with Gasteiger partial charge in [0.1, 0.15) is 18.2 Å². The number of fused-ring (bicyclic) bond motifs is 1. The Bertz CT molecular complexity index is 998. The Labute approximate surface area is 157 Å². The van der Waals surface area contributed by atoms with Crippen molar-refractivity contribution < 1.29 is 23.2 Å². The van der Waals surface area contributed by atoms with Crippen LogP contribution in [0, 0.1) is 11.6 Å². The normalized spacial score (nSPS) is 20.6. The summed E-state index contributed by atoms with van der Waals surface area (Å²) < 4.78 is 26.9. The van der Waals surface area contributed by atoms with E-state index in [4.69, 9.17) is 0 Å². The highest BCUT2D eigenvalue weighted by Crippen LogP contribution is 2.31. The molecule has 0 aliphatic carbocycles. The summed E-state index contributed by atoms with van der Waals surface area (Å²) in [7, 11) is 0. The smallest absolute Gasteiger partial charge is 0.263 e. The molecule has 2 aromatic carbocycles. The molecule has 3 amide bonds. The highest BCUT2D eigenvalue weighted by molar-refractivity contribution is 6.25. The molecule has 142 valence electrons. The zero-order chi connectivity index (χ0) is 19.8. The van der Waals surface area contributed by atoms with Crippen LogP contribution in [0.5, 0.6) is 0 Å². The van der Waals surface area contributed by atoms with Crippen LogP contribution in [-0.2, 0) is 14.4 Å². The molecule has 0 bridgehead atoms. The Hall–Kier alpha value is -3.69. The minimum atomic E-state index is -1.06. The van der Waals surface area contributed by atoms with E-state index in [1.807, 2.05) is 0 Å². The van der Waals surface area contributed by atoms with Crippen molar-refractivity contribution in [2.75, 3.05) is 16.8 Å². The highest BCUT2D eigenvalue weighted by Gasteiger charge is 2.55. The second-order valence-electron chi connectivity index (χ2n) is 6.21. The van der Waals surface area contributed by atoms with Gasteiger partial charge in [-0.15, -0.1) is 0 Å². The predicted octanol–water partition coefficient (Wildman–Crippen LogP) is 1.90. The molecule has 0 spiro atoms. The van der Waals surface area contributed by atoms with Gasteiger partial charge in [0, 0.05) is 6.07 Å². The number of anilines is 2. The second-order valence-corrected chi connectivity index (χ2v) is 6.21. The number of para-hydroxylation sites is 1. The number of imide groups is 1. The van der Waals surface area contributed by atoms with Crippen molar-refractivity contribution in [1.29, 1.82) is 0 Å². The Balaban J connectivity index is 1.49. The third kappa shape index (κ3) is 2.98. The van der Waals surface area contributed by atoms with E-state index in [-0.39, 0.29) is 5.69 Å². The van der Waals surface area contributed by atoms with Crippen LogP contribution in [0.25, 0.3) is 0 Å². The second kappa shape index (κ2) is 6.80. The number of hydrogen-bond acceptors (Lipinski definition) is 6. The molecule has 8 nitrogen and oxygen atoms in total. The lowest BCUT2D eigenvalue weighted by Gasteiger charge is -2.20. The van der Waals surface area contributed by atoms with E-state index in [0.717, 1.165) is 28.1 Å². The van der Waals surface area contributed by atoms with Crippen LogP contribution >= 0.6 is 0 Å². The van der Waals surface area contributed by atoms with E-state index >= 15 is 0 Å². The summed E-state index contributed by atoms with van der Waals surface area (Å²) in [5, 5.41) is 10.8. The van der Waals surface area contributed by atoms with Crippen LogP contribution in [0.4, 0.5) is 20.2 Å². The van der Waals surface area contributed by atoms with Crippen molar-refractivity contribution in [3.63, 3.8) is 0 Å². The zero-order valence-corrected chi connectivity index (χ0v) is 14.3. The predicted molar refractivity (Wildman–Crippen MR) is 93.1 cm³/mol. The molecule has 1 saturated heterocycles. The SMILES string of the molecule is O=C(CN1N=NC2C(=O)N(c3ccccc3)C(=O)C21)Nc1cc(F)ccc1F. The molecule has 0 radical (unpaired) electrons. The molecule has 2 atom stereocenters. The highest BCUT2D eigenvalue weighted by atomic mass is 19.1. The molecule has 10 heteroatoms. The van der Waals surface area contributed by atoms with Crippen LogP contribution < -0.4 is 10.2 Å². The lowest BCUT2D eigenvalue weighted by atomic mass is 10.1. The molecule has 2 heterocycles. The fraction of sp³-hybridized carbons (Fsp3) is 0.167. The number of nitrogens with zero attached hydrogens (tertiary/aromatic N) is 4. The minimum absolute atomic E-state index is 0.336. The van der Waals surface area contributed by atoms with E-state index in [9.17, 15) is 23.2 Å². The number of carbonyl (C=O) groups excluding carboxylic acids is 3. The Morgan fingerprint density at radius 1 is 1.07 bits per heavy atom. The monoisotopic (exact) mass is 385 g/mol. The van der Waals surface area contributed by atoms with E-state index in [1.54, 1.807) is 30.3 Å². The first kappa shape index (κ1) is 17.7. The Kier molecular flexibility index (Phi) is 4.30. The number of carbonyl (C=O) groups is 3. The van der Waals surface area contributed by atoms with Gasteiger partial charge in [0.2, 0.25) is 5.91 Å². The van der Waals surface area contributed by atoms with Crippen LogP contribution in [0.3, 0.4) is 0 Å². The van der Waals surface area contributed by atoms with Gasteiger partial charge in [-0.3, -0.25) is 19.4 Å². The number of hydrogen-bond donors (Lipinski definition) is 1. The van der Waals surface area contributed by atoms with Gasteiger partial charge in [-0.05, 0) is 24.3 Å². The molecule has 2 aromatic rings. The third-order valence-electron chi connectivity index (χ3n) is 4.38. The third-order valence-corrected chi connectivity index (χ3v) is 4.38. The van der Waals surface area contributed by atoms with Gasteiger partial charge in [0.05, 0.1) is 11.4 Å². The molecule has 4 rings (SSSR count). The molecule has 0 saturated carbocycles. The van der Waals surface area contributed by atoms with Crippen molar-refractivity contribution in [1.82, 2.24) is 5.01 Å². The number of halogens is 2. The van der Waals surface area contributed by atoms with E-state index in [2.05, 4.69) is 15.7 Å². The molecular weight excluding hydrogens is 372 g/mol. The lowest BCUT2D eigenvalue weighted by molar-refractivity contribution is -0.123. The summed E-state index contributed by atoms with van der Waals surface area (Å²) in [4.78, 5) is 38.5. The van der Waals surface area contributed by atoms with Crippen LogP contribution in [-0.4, -0.2) is 41.4 Å². The first-order chi connectivity index (χ1) is 13.5. The van der Waals surface area contributed by atoms with Gasteiger partial charge in [-0.1, -0.05) is 23.4 Å². The quantitative estimate of drug-likeness (QED) is 0.814. The Morgan fingerprint density at radius 3 is 2.57 bits per heavy atom. The van der Waals surface area contributed by atoms with Crippen LogP contribution in [0.15, 0.2) is 58.9 Å². The van der Waals surface area contributed by atoms with Crippen LogP contribution in [0.1, 0.15) is 0 Å². The maximum Gasteiger partial charge on any atom is 0.263 e. The van der Waals surface area contributed by atoms with Crippen molar-refractivity contribution >= 4 is 29.1 Å². The summed E-state index contributed by atoms with van der Waals surface area (Å²) >= 11 is 0. The molecule has 1 fully saturated rings. The van der Waals surface area contributed by atoms with Gasteiger partial charge in [0.25, 0.3) is 11.8 Å². The molecule has 28 heavy (non-hydrogen) atoms. The lowest BCUT2D eigenvalue weighted by Crippen LogP contribution is -2.43. The average molecular weight is 385 g/mol. The Morgan fingerprint density at radius 2 is 1.82 bits per heavy atom.